The van der Waals surface area contributed by atoms with Gasteiger partial charge in [-0.25, -0.2) is 0 Å². The number of esters is 1. The molecule has 1 atom stereocenters. The van der Waals surface area contributed by atoms with Crippen molar-refractivity contribution >= 4 is 31.2 Å². The summed E-state index contributed by atoms with van der Waals surface area (Å²) in [5.74, 6) is 1.32. The van der Waals surface area contributed by atoms with Gasteiger partial charge in [-0.05, 0) is 18.6 Å². The molecule has 0 spiro atoms. The second-order valence-corrected chi connectivity index (χ2v) is 6.26. The molecule has 0 aliphatic rings. The normalized spacial score (nSPS) is 12.3. The topological polar surface area (TPSA) is 26.3 Å². The molecule has 1 unspecified atom stereocenters. The second kappa shape index (κ2) is 15.6. The Bertz CT molecular complexity index is 223. The van der Waals surface area contributed by atoms with Crippen LogP contribution in [0.5, 0.6) is 0 Å². The van der Waals surface area contributed by atoms with Crippen molar-refractivity contribution in [3.05, 3.63) is 0 Å². The zero-order valence-corrected chi connectivity index (χ0v) is 14.8. The van der Waals surface area contributed by atoms with Crippen LogP contribution in [0.15, 0.2) is 0 Å². The number of carbonyl (C=O) groups is 1. The Kier molecular flexibility index (Phi) is 15.7. The van der Waals surface area contributed by atoms with E-state index in [0.29, 0.717) is 12.4 Å². The summed E-state index contributed by atoms with van der Waals surface area (Å²) in [7, 11) is 0. The van der Waals surface area contributed by atoms with E-state index >= 15 is 0 Å². The average Bonchev–Trinajstić information content (AvgIpc) is 2.46. The summed E-state index contributed by atoms with van der Waals surface area (Å²) < 4.78 is 5.18. The van der Waals surface area contributed by atoms with Crippen LogP contribution in [0.2, 0.25) is 0 Å². The Hall–Kier alpha value is 0.170. The van der Waals surface area contributed by atoms with E-state index in [1.54, 1.807) is 0 Å². The molecule has 0 radical (unpaired) electrons. The van der Waals surface area contributed by atoms with Crippen LogP contribution in [0.1, 0.15) is 71.1 Å². The fraction of sp³-hybridized carbons (Fsp3) is 0.938. The van der Waals surface area contributed by atoms with E-state index in [1.807, 2.05) is 0 Å². The number of carbonyl (C=O) groups excluding carboxylic acids is 1. The number of ether oxygens (including phenoxy) is 1. The van der Waals surface area contributed by atoms with Crippen molar-refractivity contribution in [3.63, 3.8) is 0 Å². The number of unbranched alkanes of at least 4 members (excludes halogenated alkanes) is 7. The quantitative estimate of drug-likeness (QED) is 0.270. The van der Waals surface area contributed by atoms with Crippen LogP contribution in [-0.2, 0) is 9.53 Å². The Morgan fingerprint density at radius 3 is 2.05 bits per heavy atom. The third-order valence-electron chi connectivity index (χ3n) is 3.55. The fourth-order valence-electron chi connectivity index (χ4n) is 2.32. The molecule has 0 saturated heterocycles. The lowest BCUT2D eigenvalue weighted by Crippen LogP contribution is -2.19. The highest BCUT2D eigenvalue weighted by Crippen LogP contribution is 2.18. The summed E-state index contributed by atoms with van der Waals surface area (Å²) in [6, 6.07) is 0. The largest absolute Gasteiger partial charge is 0.465 e. The van der Waals surface area contributed by atoms with Gasteiger partial charge in [0, 0.05) is 5.75 Å². The van der Waals surface area contributed by atoms with Crippen LogP contribution >= 0.6 is 25.3 Å². The van der Waals surface area contributed by atoms with E-state index in [2.05, 4.69) is 32.2 Å². The van der Waals surface area contributed by atoms with Gasteiger partial charge in [0.2, 0.25) is 0 Å². The molecule has 0 aromatic rings. The predicted octanol–water partition coefficient (Wildman–Crippen LogP) is 4.93. The molecule has 0 fully saturated rings. The highest BCUT2D eigenvalue weighted by Gasteiger charge is 2.18. The number of hydrogen-bond acceptors (Lipinski definition) is 4. The minimum Gasteiger partial charge on any atom is -0.465 e. The van der Waals surface area contributed by atoms with Gasteiger partial charge in [-0.1, -0.05) is 58.3 Å². The SMILES string of the molecule is CCCCCCCCCCC(CCS)C(=O)OCCS. The third-order valence-corrected chi connectivity index (χ3v) is 3.99. The van der Waals surface area contributed by atoms with Gasteiger partial charge in [-0.2, -0.15) is 25.3 Å². The Balaban J connectivity index is 3.62. The van der Waals surface area contributed by atoms with Crippen LogP contribution in [0.3, 0.4) is 0 Å². The first-order valence-electron chi connectivity index (χ1n) is 8.14. The summed E-state index contributed by atoms with van der Waals surface area (Å²) in [4.78, 5) is 11.8. The first kappa shape index (κ1) is 20.2. The molecule has 0 N–H and O–H groups in total. The first-order valence-corrected chi connectivity index (χ1v) is 9.41. The van der Waals surface area contributed by atoms with Gasteiger partial charge in [-0.3, -0.25) is 4.79 Å². The van der Waals surface area contributed by atoms with Gasteiger partial charge >= 0.3 is 5.97 Å². The molecule has 0 aromatic carbocycles. The molecular formula is C16H32O2S2. The van der Waals surface area contributed by atoms with E-state index in [1.165, 1.54) is 44.9 Å². The van der Waals surface area contributed by atoms with Gasteiger partial charge in [0.25, 0.3) is 0 Å². The molecule has 0 rings (SSSR count). The van der Waals surface area contributed by atoms with E-state index in [4.69, 9.17) is 4.74 Å². The molecule has 0 aliphatic carbocycles. The van der Waals surface area contributed by atoms with Crippen molar-refractivity contribution in [2.75, 3.05) is 18.1 Å². The van der Waals surface area contributed by atoms with Crippen molar-refractivity contribution in [2.24, 2.45) is 5.92 Å². The molecule has 0 heterocycles. The summed E-state index contributed by atoms with van der Waals surface area (Å²) in [6.07, 6.45) is 12.2. The lowest BCUT2D eigenvalue weighted by atomic mass is 9.98. The molecule has 0 saturated carbocycles. The lowest BCUT2D eigenvalue weighted by Gasteiger charge is -2.14. The molecular weight excluding hydrogens is 288 g/mol. The minimum absolute atomic E-state index is 0.0347. The van der Waals surface area contributed by atoms with Gasteiger partial charge in [0.15, 0.2) is 0 Å². The lowest BCUT2D eigenvalue weighted by molar-refractivity contribution is -0.148. The smallest absolute Gasteiger partial charge is 0.308 e. The summed E-state index contributed by atoms with van der Waals surface area (Å²) in [5, 5.41) is 0. The van der Waals surface area contributed by atoms with Crippen molar-refractivity contribution in [1.82, 2.24) is 0 Å². The maximum absolute atomic E-state index is 11.8. The fourth-order valence-corrected chi connectivity index (χ4v) is 2.73. The van der Waals surface area contributed by atoms with Gasteiger partial charge < -0.3 is 4.74 Å². The van der Waals surface area contributed by atoms with Crippen LogP contribution in [-0.4, -0.2) is 24.1 Å². The highest BCUT2D eigenvalue weighted by atomic mass is 32.1. The van der Waals surface area contributed by atoms with Crippen LogP contribution in [0, 0.1) is 5.92 Å². The van der Waals surface area contributed by atoms with Crippen LogP contribution < -0.4 is 0 Å². The van der Waals surface area contributed by atoms with E-state index in [9.17, 15) is 4.79 Å². The maximum Gasteiger partial charge on any atom is 0.308 e. The van der Waals surface area contributed by atoms with E-state index < -0.39 is 0 Å². The third kappa shape index (κ3) is 12.0. The number of rotatable bonds is 14. The molecule has 2 nitrogen and oxygen atoms in total. The van der Waals surface area contributed by atoms with Crippen molar-refractivity contribution in [1.29, 1.82) is 0 Å². The molecule has 0 aliphatic heterocycles. The predicted molar refractivity (Wildman–Crippen MR) is 94.0 cm³/mol. The van der Waals surface area contributed by atoms with Gasteiger partial charge in [-0.15, -0.1) is 0 Å². The molecule has 0 aromatic heterocycles. The van der Waals surface area contributed by atoms with E-state index in [-0.39, 0.29) is 11.9 Å². The second-order valence-electron chi connectivity index (χ2n) is 5.36. The molecule has 20 heavy (non-hydrogen) atoms. The average molecular weight is 321 g/mol. The standard InChI is InChI=1S/C16H32O2S2/c1-2-3-4-5-6-7-8-9-10-15(11-13-19)16(17)18-12-14-20/h15,19-20H,2-14H2,1H3. The van der Waals surface area contributed by atoms with Crippen molar-refractivity contribution in [3.8, 4) is 0 Å². The van der Waals surface area contributed by atoms with Crippen LogP contribution in [0.25, 0.3) is 0 Å². The molecule has 120 valence electrons. The molecule has 0 amide bonds. The van der Waals surface area contributed by atoms with E-state index in [0.717, 1.165) is 25.0 Å². The van der Waals surface area contributed by atoms with Gasteiger partial charge in [0.1, 0.15) is 6.61 Å². The van der Waals surface area contributed by atoms with Crippen LogP contribution in [0.4, 0.5) is 0 Å². The number of thiol groups is 2. The zero-order chi connectivity index (χ0) is 15.1. The molecule has 4 heteroatoms. The first-order chi connectivity index (χ1) is 9.76. The monoisotopic (exact) mass is 320 g/mol. The van der Waals surface area contributed by atoms with Gasteiger partial charge in [0.05, 0.1) is 5.92 Å². The summed E-state index contributed by atoms with van der Waals surface area (Å²) in [5.41, 5.74) is 0. The Labute approximate surface area is 136 Å². The zero-order valence-electron chi connectivity index (χ0n) is 13.0. The summed E-state index contributed by atoms with van der Waals surface area (Å²) >= 11 is 8.29. The highest BCUT2D eigenvalue weighted by molar-refractivity contribution is 7.80. The Morgan fingerprint density at radius 2 is 1.50 bits per heavy atom. The Morgan fingerprint density at radius 1 is 0.900 bits per heavy atom. The molecule has 0 bridgehead atoms. The number of hydrogen-bond donors (Lipinski definition) is 2. The summed E-state index contributed by atoms with van der Waals surface area (Å²) in [6.45, 7) is 2.66. The van der Waals surface area contributed by atoms with Crippen molar-refractivity contribution < 1.29 is 9.53 Å². The maximum atomic E-state index is 11.8. The van der Waals surface area contributed by atoms with Crippen molar-refractivity contribution in [2.45, 2.75) is 71.1 Å². The minimum atomic E-state index is -0.0592.